The van der Waals surface area contributed by atoms with Gasteiger partial charge in [-0.2, -0.15) is 0 Å². The SMILES string of the molecule is CCCCc1ccccc1-n1cccc1C(O)c1ccc(OC)cc1. The quantitative estimate of drug-likeness (QED) is 0.666. The van der Waals surface area contributed by atoms with Crippen LogP contribution in [0.25, 0.3) is 5.69 Å². The number of para-hydroxylation sites is 1. The Morgan fingerprint density at radius 1 is 1.00 bits per heavy atom. The summed E-state index contributed by atoms with van der Waals surface area (Å²) in [5.41, 5.74) is 4.17. The zero-order valence-corrected chi connectivity index (χ0v) is 14.9. The molecule has 2 aromatic carbocycles. The van der Waals surface area contributed by atoms with Gasteiger partial charge in [-0.05, 0) is 54.3 Å². The first-order chi connectivity index (χ1) is 12.2. The van der Waals surface area contributed by atoms with Crippen molar-refractivity contribution in [2.24, 2.45) is 0 Å². The van der Waals surface area contributed by atoms with Crippen LogP contribution in [0.15, 0.2) is 66.9 Å². The van der Waals surface area contributed by atoms with Crippen LogP contribution >= 0.6 is 0 Å². The number of methoxy groups -OCH3 is 1. The molecule has 25 heavy (non-hydrogen) atoms. The summed E-state index contributed by atoms with van der Waals surface area (Å²) in [5, 5.41) is 10.9. The van der Waals surface area contributed by atoms with Crippen molar-refractivity contribution in [3.63, 3.8) is 0 Å². The minimum atomic E-state index is -0.680. The molecule has 3 rings (SSSR count). The first-order valence-electron chi connectivity index (χ1n) is 8.82. The van der Waals surface area contributed by atoms with Crippen LogP contribution < -0.4 is 4.74 Å². The molecule has 0 amide bonds. The van der Waals surface area contributed by atoms with Gasteiger partial charge in [0.1, 0.15) is 11.9 Å². The third kappa shape index (κ3) is 3.77. The van der Waals surface area contributed by atoms with Gasteiger partial charge in [0.15, 0.2) is 0 Å². The van der Waals surface area contributed by atoms with Gasteiger partial charge >= 0.3 is 0 Å². The number of aliphatic hydroxyl groups is 1. The van der Waals surface area contributed by atoms with Gasteiger partial charge in [-0.3, -0.25) is 0 Å². The highest BCUT2D eigenvalue weighted by Crippen LogP contribution is 2.28. The van der Waals surface area contributed by atoms with Crippen molar-refractivity contribution < 1.29 is 9.84 Å². The smallest absolute Gasteiger partial charge is 0.119 e. The molecular formula is C22H25NO2. The third-order valence-corrected chi connectivity index (χ3v) is 4.54. The van der Waals surface area contributed by atoms with E-state index < -0.39 is 6.10 Å². The van der Waals surface area contributed by atoms with Gasteiger partial charge in [0.05, 0.1) is 12.8 Å². The van der Waals surface area contributed by atoms with E-state index in [9.17, 15) is 5.11 Å². The normalized spacial score (nSPS) is 12.1. The fourth-order valence-corrected chi connectivity index (χ4v) is 3.12. The molecule has 0 saturated carbocycles. The lowest BCUT2D eigenvalue weighted by Gasteiger charge is -2.18. The van der Waals surface area contributed by atoms with E-state index in [2.05, 4.69) is 29.7 Å². The molecule has 0 saturated heterocycles. The van der Waals surface area contributed by atoms with E-state index >= 15 is 0 Å². The van der Waals surface area contributed by atoms with E-state index in [4.69, 9.17) is 4.74 Å². The Morgan fingerprint density at radius 2 is 1.76 bits per heavy atom. The summed E-state index contributed by atoms with van der Waals surface area (Å²) >= 11 is 0. The number of aliphatic hydroxyl groups excluding tert-OH is 1. The second kappa shape index (κ2) is 8.04. The van der Waals surface area contributed by atoms with Crippen molar-refractivity contribution in [2.75, 3.05) is 7.11 Å². The Morgan fingerprint density at radius 3 is 2.48 bits per heavy atom. The molecule has 0 radical (unpaired) electrons. The highest BCUT2D eigenvalue weighted by molar-refractivity contribution is 5.45. The van der Waals surface area contributed by atoms with E-state index in [-0.39, 0.29) is 0 Å². The molecular weight excluding hydrogens is 310 g/mol. The van der Waals surface area contributed by atoms with Crippen LogP contribution in [0.2, 0.25) is 0 Å². The van der Waals surface area contributed by atoms with E-state index in [0.29, 0.717) is 0 Å². The van der Waals surface area contributed by atoms with Crippen LogP contribution in [0, 0.1) is 0 Å². The van der Waals surface area contributed by atoms with Crippen molar-refractivity contribution >= 4 is 0 Å². The van der Waals surface area contributed by atoms with Crippen LogP contribution in [-0.4, -0.2) is 16.8 Å². The number of unbranched alkanes of at least 4 members (excludes halogenated alkanes) is 1. The lowest BCUT2D eigenvalue weighted by Crippen LogP contribution is -2.08. The van der Waals surface area contributed by atoms with Crippen molar-refractivity contribution in [3.8, 4) is 11.4 Å². The third-order valence-electron chi connectivity index (χ3n) is 4.54. The van der Waals surface area contributed by atoms with Gasteiger partial charge in [0, 0.05) is 11.9 Å². The summed E-state index contributed by atoms with van der Waals surface area (Å²) in [7, 11) is 1.64. The number of aryl methyl sites for hydroxylation is 1. The van der Waals surface area contributed by atoms with Crippen LogP contribution in [0.1, 0.15) is 42.7 Å². The van der Waals surface area contributed by atoms with E-state index in [1.54, 1.807) is 7.11 Å². The first kappa shape index (κ1) is 17.3. The summed E-state index contributed by atoms with van der Waals surface area (Å²) in [6, 6.07) is 20.0. The minimum absolute atomic E-state index is 0.680. The number of aromatic nitrogens is 1. The second-order valence-corrected chi connectivity index (χ2v) is 6.21. The maximum absolute atomic E-state index is 10.9. The van der Waals surface area contributed by atoms with E-state index in [1.165, 1.54) is 12.0 Å². The summed E-state index contributed by atoms with van der Waals surface area (Å²) in [6.07, 6.45) is 4.71. The summed E-state index contributed by atoms with van der Waals surface area (Å²) in [6.45, 7) is 2.21. The second-order valence-electron chi connectivity index (χ2n) is 6.21. The number of nitrogens with zero attached hydrogens (tertiary/aromatic N) is 1. The molecule has 130 valence electrons. The zero-order chi connectivity index (χ0) is 17.6. The fourth-order valence-electron chi connectivity index (χ4n) is 3.12. The molecule has 3 aromatic rings. The Labute approximate surface area is 149 Å². The molecule has 1 unspecified atom stereocenters. The summed E-state index contributed by atoms with van der Waals surface area (Å²) in [5.74, 6) is 0.788. The van der Waals surface area contributed by atoms with Crippen LogP contribution in [0.3, 0.4) is 0 Å². The zero-order valence-electron chi connectivity index (χ0n) is 14.9. The average Bonchev–Trinajstić information content (AvgIpc) is 3.15. The van der Waals surface area contributed by atoms with Gasteiger partial charge in [-0.1, -0.05) is 43.7 Å². The van der Waals surface area contributed by atoms with Crippen molar-refractivity contribution in [3.05, 3.63) is 83.7 Å². The predicted molar refractivity (Wildman–Crippen MR) is 101 cm³/mol. The molecule has 3 nitrogen and oxygen atoms in total. The predicted octanol–water partition coefficient (Wildman–Crippen LogP) is 4.91. The van der Waals surface area contributed by atoms with Gasteiger partial charge in [-0.25, -0.2) is 0 Å². The molecule has 1 aromatic heterocycles. The van der Waals surface area contributed by atoms with Crippen molar-refractivity contribution in [1.82, 2.24) is 4.57 Å². The summed E-state index contributed by atoms with van der Waals surface area (Å²) < 4.78 is 7.30. The lowest BCUT2D eigenvalue weighted by atomic mass is 10.0. The molecule has 0 aliphatic carbocycles. The highest BCUT2D eigenvalue weighted by Gasteiger charge is 2.16. The van der Waals surface area contributed by atoms with Crippen LogP contribution in [0.5, 0.6) is 5.75 Å². The van der Waals surface area contributed by atoms with Gasteiger partial charge in [0.25, 0.3) is 0 Å². The molecule has 0 aliphatic heterocycles. The topological polar surface area (TPSA) is 34.4 Å². The maximum atomic E-state index is 10.9. The Kier molecular flexibility index (Phi) is 5.56. The molecule has 0 spiro atoms. The number of benzene rings is 2. The van der Waals surface area contributed by atoms with E-state index in [1.807, 2.05) is 48.7 Å². The largest absolute Gasteiger partial charge is 0.497 e. The molecule has 0 fully saturated rings. The standard InChI is InChI=1S/C22H25NO2/c1-3-4-8-17-9-5-6-10-20(17)23-16-7-11-21(23)22(24)18-12-14-19(25-2)15-13-18/h5-7,9-16,22,24H,3-4,8H2,1-2H3. The Hall–Kier alpha value is -2.52. The highest BCUT2D eigenvalue weighted by atomic mass is 16.5. The van der Waals surface area contributed by atoms with Crippen molar-refractivity contribution in [1.29, 1.82) is 0 Å². The number of rotatable bonds is 7. The van der Waals surface area contributed by atoms with Crippen LogP contribution in [0.4, 0.5) is 0 Å². The van der Waals surface area contributed by atoms with Gasteiger partial charge < -0.3 is 14.4 Å². The minimum Gasteiger partial charge on any atom is -0.497 e. The molecule has 1 atom stereocenters. The molecule has 3 heteroatoms. The molecule has 1 heterocycles. The van der Waals surface area contributed by atoms with Crippen LogP contribution in [-0.2, 0) is 6.42 Å². The Bertz CT molecular complexity index is 805. The van der Waals surface area contributed by atoms with Gasteiger partial charge in [0.2, 0.25) is 0 Å². The molecule has 1 N–H and O–H groups in total. The number of hydrogen-bond acceptors (Lipinski definition) is 2. The van der Waals surface area contributed by atoms with E-state index in [0.717, 1.165) is 35.5 Å². The van der Waals surface area contributed by atoms with Gasteiger partial charge in [-0.15, -0.1) is 0 Å². The molecule has 0 bridgehead atoms. The lowest BCUT2D eigenvalue weighted by molar-refractivity contribution is 0.213. The Balaban J connectivity index is 1.95. The fraction of sp³-hybridized carbons (Fsp3) is 0.273. The van der Waals surface area contributed by atoms with Crippen molar-refractivity contribution in [2.45, 2.75) is 32.3 Å². The maximum Gasteiger partial charge on any atom is 0.119 e. The number of ether oxygens (including phenoxy) is 1. The summed E-state index contributed by atoms with van der Waals surface area (Å²) in [4.78, 5) is 0. The first-order valence-corrected chi connectivity index (χ1v) is 8.82. The monoisotopic (exact) mass is 335 g/mol. The number of hydrogen-bond donors (Lipinski definition) is 1. The average molecular weight is 335 g/mol. The molecule has 0 aliphatic rings.